The lowest BCUT2D eigenvalue weighted by Gasteiger charge is -2.39. The molecule has 2 heterocycles. The van der Waals surface area contributed by atoms with E-state index in [4.69, 9.17) is 16.0 Å². The Kier molecular flexibility index (Phi) is 6.43. The van der Waals surface area contributed by atoms with Crippen molar-refractivity contribution in [3.8, 4) is 0 Å². The van der Waals surface area contributed by atoms with Gasteiger partial charge in [-0.2, -0.15) is 0 Å². The topological polar surface area (TPSA) is 65.8 Å². The molecular weight excluding hydrogens is 422 g/mol. The van der Waals surface area contributed by atoms with E-state index in [0.29, 0.717) is 5.02 Å². The average Bonchev–Trinajstić information content (AvgIpc) is 3.30. The van der Waals surface area contributed by atoms with Crippen LogP contribution in [0.3, 0.4) is 0 Å². The third-order valence-electron chi connectivity index (χ3n) is 5.34. The summed E-state index contributed by atoms with van der Waals surface area (Å²) in [6.45, 7) is 3.58. The van der Waals surface area contributed by atoms with Crippen LogP contribution < -0.4 is 9.62 Å². The minimum absolute atomic E-state index is 0.181. The van der Waals surface area contributed by atoms with E-state index in [9.17, 15) is 8.42 Å². The van der Waals surface area contributed by atoms with Crippen molar-refractivity contribution in [2.75, 3.05) is 37.6 Å². The summed E-state index contributed by atoms with van der Waals surface area (Å²) in [6, 6.07) is 20.0. The van der Waals surface area contributed by atoms with Gasteiger partial charge in [0.05, 0.1) is 17.2 Å². The van der Waals surface area contributed by atoms with E-state index >= 15 is 0 Å². The van der Waals surface area contributed by atoms with Crippen molar-refractivity contribution in [3.05, 3.63) is 83.8 Å². The molecule has 4 rings (SSSR count). The van der Waals surface area contributed by atoms with Crippen molar-refractivity contribution in [1.29, 1.82) is 0 Å². The van der Waals surface area contributed by atoms with Crippen LogP contribution in [0, 0.1) is 0 Å². The highest BCUT2D eigenvalue weighted by molar-refractivity contribution is 7.89. The number of anilines is 1. The van der Waals surface area contributed by atoms with Gasteiger partial charge in [0.15, 0.2) is 0 Å². The molecule has 8 heteroatoms. The van der Waals surface area contributed by atoms with Crippen LogP contribution in [0.15, 0.2) is 82.3 Å². The average molecular weight is 446 g/mol. The van der Waals surface area contributed by atoms with E-state index in [1.807, 2.05) is 30.3 Å². The summed E-state index contributed by atoms with van der Waals surface area (Å²) >= 11 is 5.88. The molecule has 30 heavy (non-hydrogen) atoms. The number of halogens is 1. The highest BCUT2D eigenvalue weighted by atomic mass is 35.5. The van der Waals surface area contributed by atoms with Crippen molar-refractivity contribution in [1.82, 2.24) is 9.62 Å². The lowest BCUT2D eigenvalue weighted by atomic mass is 10.1. The predicted molar refractivity (Wildman–Crippen MR) is 118 cm³/mol. The summed E-state index contributed by atoms with van der Waals surface area (Å²) in [5.74, 6) is 0.752. The molecule has 1 aromatic heterocycles. The molecule has 2 aromatic carbocycles. The van der Waals surface area contributed by atoms with E-state index in [0.717, 1.165) is 31.9 Å². The Hall–Kier alpha value is -2.32. The van der Waals surface area contributed by atoms with Gasteiger partial charge in [-0.25, -0.2) is 13.1 Å². The lowest BCUT2D eigenvalue weighted by molar-refractivity contribution is 0.166. The van der Waals surface area contributed by atoms with Crippen LogP contribution in [0.2, 0.25) is 5.02 Å². The quantitative estimate of drug-likeness (QED) is 0.599. The fourth-order valence-corrected chi connectivity index (χ4v) is 4.87. The maximum atomic E-state index is 12.7. The minimum atomic E-state index is -3.64. The van der Waals surface area contributed by atoms with Gasteiger partial charge in [-0.3, -0.25) is 4.90 Å². The number of furan rings is 1. The number of benzene rings is 2. The molecule has 1 N–H and O–H groups in total. The number of sulfonamides is 1. The maximum Gasteiger partial charge on any atom is 0.240 e. The van der Waals surface area contributed by atoms with Crippen molar-refractivity contribution in [2.45, 2.75) is 10.9 Å². The Labute approximate surface area is 182 Å². The zero-order chi connectivity index (χ0) is 21.0. The second-order valence-corrected chi connectivity index (χ2v) is 9.40. The van der Waals surface area contributed by atoms with Crippen LogP contribution in [0.1, 0.15) is 11.8 Å². The van der Waals surface area contributed by atoms with Crippen LogP contribution in [-0.2, 0) is 10.0 Å². The monoisotopic (exact) mass is 445 g/mol. The second kappa shape index (κ2) is 9.22. The highest BCUT2D eigenvalue weighted by Crippen LogP contribution is 2.25. The molecule has 0 radical (unpaired) electrons. The molecule has 0 unspecified atom stereocenters. The van der Waals surface area contributed by atoms with Crippen LogP contribution in [-0.4, -0.2) is 46.0 Å². The zero-order valence-electron chi connectivity index (χ0n) is 16.4. The Morgan fingerprint density at radius 2 is 1.63 bits per heavy atom. The summed E-state index contributed by atoms with van der Waals surface area (Å²) in [6.07, 6.45) is 1.62. The fourth-order valence-electron chi connectivity index (χ4n) is 3.71. The summed E-state index contributed by atoms with van der Waals surface area (Å²) in [7, 11) is -3.64. The number of para-hydroxylation sites is 1. The normalized spacial score (nSPS) is 16.5. The number of nitrogens with one attached hydrogen (secondary N) is 1. The smallest absolute Gasteiger partial charge is 0.240 e. The number of piperazine rings is 1. The summed E-state index contributed by atoms with van der Waals surface area (Å²) in [5.41, 5.74) is 1.20. The summed E-state index contributed by atoms with van der Waals surface area (Å²) < 4.78 is 33.8. The Bertz CT molecular complexity index is 1030. The number of hydrogen-bond acceptors (Lipinski definition) is 5. The number of hydrogen-bond donors (Lipinski definition) is 1. The van der Waals surface area contributed by atoms with Crippen molar-refractivity contribution >= 4 is 27.3 Å². The molecule has 3 aromatic rings. The Morgan fingerprint density at radius 3 is 2.27 bits per heavy atom. The largest absolute Gasteiger partial charge is 0.468 e. The van der Waals surface area contributed by atoms with Gasteiger partial charge in [0.25, 0.3) is 0 Å². The standard InChI is InChI=1S/C22H24ClN3O3S/c23-18-8-10-20(11-9-18)30(27,28)24-17-21(22-7-4-16-29-22)26-14-12-25(13-15-26)19-5-2-1-3-6-19/h1-11,16,21,24H,12-15,17H2/t21-/m1/s1. The van der Waals surface area contributed by atoms with E-state index in [2.05, 4.69) is 26.7 Å². The number of rotatable bonds is 7. The van der Waals surface area contributed by atoms with Crippen molar-refractivity contribution < 1.29 is 12.8 Å². The lowest BCUT2D eigenvalue weighted by Crippen LogP contribution is -2.49. The molecule has 6 nitrogen and oxygen atoms in total. The first-order chi connectivity index (χ1) is 14.5. The maximum absolute atomic E-state index is 12.7. The Balaban J connectivity index is 1.45. The summed E-state index contributed by atoms with van der Waals surface area (Å²) in [4.78, 5) is 4.80. The molecule has 0 aliphatic carbocycles. The van der Waals surface area contributed by atoms with Crippen LogP contribution >= 0.6 is 11.6 Å². The molecule has 1 aliphatic rings. The van der Waals surface area contributed by atoms with Crippen molar-refractivity contribution in [3.63, 3.8) is 0 Å². The van der Waals surface area contributed by atoms with Crippen molar-refractivity contribution in [2.24, 2.45) is 0 Å². The minimum Gasteiger partial charge on any atom is -0.468 e. The van der Waals surface area contributed by atoms with Gasteiger partial charge in [-0.1, -0.05) is 29.8 Å². The summed E-state index contributed by atoms with van der Waals surface area (Å²) in [5, 5.41) is 0.499. The van der Waals surface area contributed by atoms with Crippen LogP contribution in [0.25, 0.3) is 0 Å². The van der Waals surface area contributed by atoms with E-state index in [-0.39, 0.29) is 17.5 Å². The first-order valence-corrected chi connectivity index (χ1v) is 11.7. The first kappa shape index (κ1) is 20.9. The van der Waals surface area contributed by atoms with Gasteiger partial charge in [0.1, 0.15) is 5.76 Å². The van der Waals surface area contributed by atoms with Gasteiger partial charge in [-0.05, 0) is 48.5 Å². The van der Waals surface area contributed by atoms with Gasteiger partial charge >= 0.3 is 0 Å². The molecule has 1 atom stereocenters. The fraction of sp³-hybridized carbons (Fsp3) is 0.273. The molecule has 0 saturated carbocycles. The van der Waals surface area contributed by atoms with Gasteiger partial charge in [0.2, 0.25) is 10.0 Å². The predicted octanol–water partition coefficient (Wildman–Crippen LogP) is 3.77. The first-order valence-electron chi connectivity index (χ1n) is 9.85. The molecule has 0 bridgehead atoms. The van der Waals surface area contributed by atoms with Crippen LogP contribution in [0.5, 0.6) is 0 Å². The second-order valence-electron chi connectivity index (χ2n) is 7.20. The van der Waals surface area contributed by atoms with E-state index in [1.54, 1.807) is 18.4 Å². The zero-order valence-corrected chi connectivity index (χ0v) is 18.0. The van der Waals surface area contributed by atoms with E-state index in [1.165, 1.54) is 17.8 Å². The molecule has 0 spiro atoms. The Morgan fingerprint density at radius 1 is 0.933 bits per heavy atom. The van der Waals surface area contributed by atoms with E-state index < -0.39 is 10.0 Å². The van der Waals surface area contributed by atoms with Gasteiger partial charge in [0, 0.05) is 43.4 Å². The number of nitrogens with zero attached hydrogens (tertiary/aromatic N) is 2. The van der Waals surface area contributed by atoms with Gasteiger partial charge in [-0.15, -0.1) is 0 Å². The third kappa shape index (κ3) is 4.87. The molecule has 1 aliphatic heterocycles. The molecule has 0 amide bonds. The highest BCUT2D eigenvalue weighted by Gasteiger charge is 2.28. The SMILES string of the molecule is O=S(=O)(NC[C@H](c1ccco1)N1CCN(c2ccccc2)CC1)c1ccc(Cl)cc1. The van der Waals surface area contributed by atoms with Crippen LogP contribution in [0.4, 0.5) is 5.69 Å². The third-order valence-corrected chi connectivity index (χ3v) is 7.03. The molecule has 1 fully saturated rings. The molecule has 1 saturated heterocycles. The molecular formula is C22H24ClN3O3S. The molecule has 158 valence electrons. The van der Waals surface area contributed by atoms with Gasteiger partial charge < -0.3 is 9.32 Å².